The molecule has 62 valence electrons. The molecule has 0 aromatic rings. The van der Waals surface area contributed by atoms with Gasteiger partial charge >= 0.3 is 5.97 Å². The lowest BCUT2D eigenvalue weighted by atomic mass is 10.2. The molecule has 2 heterocycles. The van der Waals surface area contributed by atoms with Crippen LogP contribution in [-0.4, -0.2) is 49.7 Å². The summed E-state index contributed by atoms with van der Waals surface area (Å²) in [7, 11) is 0. The first-order valence-electron chi connectivity index (χ1n) is 3.99. The van der Waals surface area contributed by atoms with E-state index in [9.17, 15) is 4.79 Å². The molecule has 0 spiro atoms. The number of morpholine rings is 1. The Morgan fingerprint density at radius 2 is 2.45 bits per heavy atom. The van der Waals surface area contributed by atoms with Crippen molar-refractivity contribution in [3.05, 3.63) is 0 Å². The van der Waals surface area contributed by atoms with Crippen LogP contribution < -0.4 is 5.32 Å². The van der Waals surface area contributed by atoms with Gasteiger partial charge in [0.05, 0.1) is 0 Å². The van der Waals surface area contributed by atoms with Crippen molar-refractivity contribution in [2.45, 2.75) is 6.04 Å². The number of cyclic esters (lactones) is 1. The van der Waals surface area contributed by atoms with Gasteiger partial charge in [-0.3, -0.25) is 9.69 Å². The summed E-state index contributed by atoms with van der Waals surface area (Å²) >= 11 is 0. The number of carbonyl (C=O) groups is 1. The minimum atomic E-state index is -0.0662. The van der Waals surface area contributed by atoms with Crippen molar-refractivity contribution >= 4 is 5.97 Å². The van der Waals surface area contributed by atoms with Crippen molar-refractivity contribution in [1.29, 1.82) is 0 Å². The number of ether oxygens (including phenoxy) is 1. The van der Waals surface area contributed by atoms with Gasteiger partial charge < -0.3 is 10.1 Å². The summed E-state index contributed by atoms with van der Waals surface area (Å²) in [5, 5.41) is 3.17. The first kappa shape index (κ1) is 7.06. The molecule has 0 aromatic heterocycles. The zero-order valence-electron chi connectivity index (χ0n) is 6.38. The highest BCUT2D eigenvalue weighted by atomic mass is 16.5. The van der Waals surface area contributed by atoms with Crippen LogP contribution in [0.5, 0.6) is 0 Å². The number of piperazine rings is 1. The topological polar surface area (TPSA) is 41.6 Å². The Kier molecular flexibility index (Phi) is 1.79. The largest absolute Gasteiger partial charge is 0.463 e. The second-order valence-electron chi connectivity index (χ2n) is 2.92. The second kappa shape index (κ2) is 2.79. The number of hydrogen-bond acceptors (Lipinski definition) is 4. The predicted octanol–water partition coefficient (Wildman–Crippen LogP) is -1.18. The van der Waals surface area contributed by atoms with Crippen molar-refractivity contribution in [2.24, 2.45) is 0 Å². The number of carbonyl (C=O) groups excluding carboxylic acids is 1. The number of fused-ring (bicyclic) bond motifs is 1. The molecule has 2 aliphatic heterocycles. The molecule has 2 rings (SSSR count). The molecule has 0 unspecified atom stereocenters. The Morgan fingerprint density at radius 1 is 1.55 bits per heavy atom. The molecular weight excluding hydrogens is 144 g/mol. The van der Waals surface area contributed by atoms with E-state index in [0.29, 0.717) is 6.61 Å². The smallest absolute Gasteiger partial charge is 0.324 e. The maximum Gasteiger partial charge on any atom is 0.324 e. The van der Waals surface area contributed by atoms with Gasteiger partial charge in [0, 0.05) is 26.2 Å². The van der Waals surface area contributed by atoms with Crippen molar-refractivity contribution in [2.75, 3.05) is 32.8 Å². The summed E-state index contributed by atoms with van der Waals surface area (Å²) < 4.78 is 4.93. The third-order valence-corrected chi connectivity index (χ3v) is 2.25. The zero-order valence-corrected chi connectivity index (χ0v) is 6.38. The van der Waals surface area contributed by atoms with Crippen LogP contribution in [0.15, 0.2) is 0 Å². The molecule has 0 aromatic carbocycles. The van der Waals surface area contributed by atoms with E-state index in [2.05, 4.69) is 10.2 Å². The molecule has 1 N–H and O–H groups in total. The molecule has 4 nitrogen and oxygen atoms in total. The normalized spacial score (nSPS) is 32.7. The summed E-state index contributed by atoms with van der Waals surface area (Å²) in [6.45, 7) is 4.18. The number of hydrogen-bond donors (Lipinski definition) is 1. The SMILES string of the molecule is O=C1OCCN2CCNC[C@H]12. The summed E-state index contributed by atoms with van der Waals surface area (Å²) in [5.41, 5.74) is 0. The van der Waals surface area contributed by atoms with Gasteiger partial charge in [0.15, 0.2) is 0 Å². The first-order chi connectivity index (χ1) is 5.38. The highest BCUT2D eigenvalue weighted by Gasteiger charge is 2.32. The maximum atomic E-state index is 11.1. The molecule has 0 saturated carbocycles. The lowest BCUT2D eigenvalue weighted by molar-refractivity contribution is -0.158. The number of rotatable bonds is 0. The highest BCUT2D eigenvalue weighted by Crippen LogP contribution is 2.09. The van der Waals surface area contributed by atoms with Crippen molar-refractivity contribution in [3.8, 4) is 0 Å². The van der Waals surface area contributed by atoms with E-state index in [1.165, 1.54) is 0 Å². The van der Waals surface area contributed by atoms with E-state index < -0.39 is 0 Å². The standard InChI is InChI=1S/C7H12N2O2/c10-7-6-5-8-1-2-9(6)3-4-11-7/h6,8H,1-5H2/t6-/m1/s1. The van der Waals surface area contributed by atoms with Crippen LogP contribution in [0.4, 0.5) is 0 Å². The van der Waals surface area contributed by atoms with Crippen LogP contribution in [0.2, 0.25) is 0 Å². The van der Waals surface area contributed by atoms with E-state index in [0.717, 1.165) is 26.2 Å². The molecule has 0 radical (unpaired) electrons. The third-order valence-electron chi connectivity index (χ3n) is 2.25. The third kappa shape index (κ3) is 1.23. The van der Waals surface area contributed by atoms with E-state index in [1.807, 2.05) is 0 Å². The molecule has 0 amide bonds. The van der Waals surface area contributed by atoms with Gasteiger partial charge in [-0.05, 0) is 0 Å². The average molecular weight is 156 g/mol. The van der Waals surface area contributed by atoms with Crippen molar-refractivity contribution in [1.82, 2.24) is 10.2 Å². The number of esters is 1. The van der Waals surface area contributed by atoms with Gasteiger partial charge in [0.2, 0.25) is 0 Å². The van der Waals surface area contributed by atoms with Crippen LogP contribution in [-0.2, 0) is 9.53 Å². The summed E-state index contributed by atoms with van der Waals surface area (Å²) in [6, 6.07) is -0.0162. The lowest BCUT2D eigenvalue weighted by Gasteiger charge is -2.37. The molecule has 2 saturated heterocycles. The molecule has 4 heteroatoms. The van der Waals surface area contributed by atoms with Crippen molar-refractivity contribution < 1.29 is 9.53 Å². The van der Waals surface area contributed by atoms with Gasteiger partial charge in [0.1, 0.15) is 12.6 Å². The van der Waals surface area contributed by atoms with Crippen LogP contribution in [0.1, 0.15) is 0 Å². The Labute approximate surface area is 65.5 Å². The fourth-order valence-corrected chi connectivity index (χ4v) is 1.61. The molecule has 0 bridgehead atoms. The molecule has 0 aliphatic carbocycles. The molecule has 2 aliphatic rings. The molecule has 2 fully saturated rings. The van der Waals surface area contributed by atoms with Gasteiger partial charge in [-0.1, -0.05) is 0 Å². The van der Waals surface area contributed by atoms with Gasteiger partial charge in [-0.2, -0.15) is 0 Å². The highest BCUT2D eigenvalue weighted by molar-refractivity contribution is 5.76. The Bertz CT molecular complexity index is 170. The van der Waals surface area contributed by atoms with Gasteiger partial charge in [-0.25, -0.2) is 0 Å². The van der Waals surface area contributed by atoms with E-state index in [1.54, 1.807) is 0 Å². The summed E-state index contributed by atoms with van der Waals surface area (Å²) in [6.07, 6.45) is 0. The summed E-state index contributed by atoms with van der Waals surface area (Å²) in [5.74, 6) is -0.0662. The van der Waals surface area contributed by atoms with Crippen LogP contribution >= 0.6 is 0 Å². The van der Waals surface area contributed by atoms with E-state index >= 15 is 0 Å². The average Bonchev–Trinajstić information content (AvgIpc) is 2.06. The fraction of sp³-hybridized carbons (Fsp3) is 0.857. The van der Waals surface area contributed by atoms with Crippen molar-refractivity contribution in [3.63, 3.8) is 0 Å². The zero-order chi connectivity index (χ0) is 7.68. The fourth-order valence-electron chi connectivity index (χ4n) is 1.61. The molecule has 1 atom stereocenters. The quantitative estimate of drug-likeness (QED) is 0.448. The Balaban J connectivity index is 2.05. The second-order valence-corrected chi connectivity index (χ2v) is 2.92. The maximum absolute atomic E-state index is 11.1. The lowest BCUT2D eigenvalue weighted by Crippen LogP contribution is -2.58. The number of nitrogens with one attached hydrogen (secondary N) is 1. The van der Waals surface area contributed by atoms with Crippen LogP contribution in [0.25, 0.3) is 0 Å². The molecular formula is C7H12N2O2. The van der Waals surface area contributed by atoms with E-state index in [-0.39, 0.29) is 12.0 Å². The Morgan fingerprint density at radius 3 is 3.27 bits per heavy atom. The number of nitrogens with zero attached hydrogens (tertiary/aromatic N) is 1. The first-order valence-corrected chi connectivity index (χ1v) is 3.99. The van der Waals surface area contributed by atoms with Gasteiger partial charge in [0.25, 0.3) is 0 Å². The molecule has 11 heavy (non-hydrogen) atoms. The monoisotopic (exact) mass is 156 g/mol. The summed E-state index contributed by atoms with van der Waals surface area (Å²) in [4.78, 5) is 13.3. The van der Waals surface area contributed by atoms with Gasteiger partial charge in [-0.15, -0.1) is 0 Å². The van der Waals surface area contributed by atoms with Crippen LogP contribution in [0.3, 0.4) is 0 Å². The predicted molar refractivity (Wildman–Crippen MR) is 39.2 cm³/mol. The van der Waals surface area contributed by atoms with Crippen LogP contribution in [0, 0.1) is 0 Å². The van der Waals surface area contributed by atoms with E-state index in [4.69, 9.17) is 4.74 Å². The Hall–Kier alpha value is -0.610. The minimum Gasteiger partial charge on any atom is -0.463 e. The minimum absolute atomic E-state index is 0.0162.